The molecule has 0 N–H and O–H groups in total. The largest absolute Gasteiger partial charge is 0.454 e. The normalized spacial score (nSPS) is 14.4. The summed E-state index contributed by atoms with van der Waals surface area (Å²) in [6.45, 7) is -0.107. The van der Waals surface area contributed by atoms with Gasteiger partial charge in [-0.05, 0) is 79.8 Å². The minimum Gasteiger partial charge on any atom is -0.454 e. The van der Waals surface area contributed by atoms with Crippen LogP contribution >= 0.6 is 0 Å². The summed E-state index contributed by atoms with van der Waals surface area (Å²) in [6.07, 6.45) is 0. The Morgan fingerprint density at radius 1 is 0.474 bits per heavy atom. The van der Waals surface area contributed by atoms with E-state index in [1.165, 1.54) is 88.3 Å². The first kappa shape index (κ1) is 30.0. The molecule has 0 fully saturated rings. The van der Waals surface area contributed by atoms with Gasteiger partial charge in [0.15, 0.2) is 5.58 Å². The van der Waals surface area contributed by atoms with Crippen LogP contribution < -0.4 is 15.8 Å². The third-order valence-corrected chi connectivity index (χ3v) is 13.4. The van der Waals surface area contributed by atoms with Gasteiger partial charge in [0.1, 0.15) is 5.58 Å². The second-order valence-electron chi connectivity index (χ2n) is 15.9. The van der Waals surface area contributed by atoms with E-state index in [0.717, 1.165) is 27.6 Å². The summed E-state index contributed by atoms with van der Waals surface area (Å²) in [5, 5.41) is 7.37. The molecular weight excluding hydrogens is 691 g/mol. The highest BCUT2D eigenvalue weighted by Gasteiger charge is 2.52. The summed E-state index contributed by atoms with van der Waals surface area (Å²) in [7, 11) is 0. The maximum Gasteiger partial charge on any atom is 0.333 e. The minimum atomic E-state index is -0.583. The van der Waals surface area contributed by atoms with Gasteiger partial charge in [-0.15, -0.1) is 0 Å². The smallest absolute Gasteiger partial charge is 0.333 e. The molecule has 5 heterocycles. The Balaban J connectivity index is 1.23. The zero-order valence-electron chi connectivity index (χ0n) is 30.8. The molecule has 3 nitrogen and oxygen atoms in total. The summed E-state index contributed by atoms with van der Waals surface area (Å²) in [4.78, 5) is 2.58. The maximum absolute atomic E-state index is 7.11. The van der Waals surface area contributed by atoms with Gasteiger partial charge in [-0.25, -0.2) is 0 Å². The minimum absolute atomic E-state index is 0.107. The van der Waals surface area contributed by atoms with Crippen LogP contribution in [0.25, 0.3) is 65.6 Å². The third kappa shape index (κ3) is 3.52. The molecule has 0 radical (unpaired) electrons. The highest BCUT2D eigenvalue weighted by molar-refractivity contribution is 6.90. The fourth-order valence-corrected chi connectivity index (χ4v) is 11.3. The molecule has 2 aromatic heterocycles. The monoisotopic (exact) mass is 722 g/mol. The lowest BCUT2D eigenvalue weighted by molar-refractivity contribution is 0.668. The molecule has 0 unspecified atom stereocenters. The highest BCUT2D eigenvalue weighted by Crippen LogP contribution is 2.60. The predicted octanol–water partition coefficient (Wildman–Crippen LogP) is 12.0. The van der Waals surface area contributed by atoms with Crippen molar-refractivity contribution in [2.24, 2.45) is 0 Å². The Hall–Kier alpha value is -7.30. The van der Waals surface area contributed by atoms with Crippen molar-refractivity contribution in [2.75, 3.05) is 4.90 Å². The van der Waals surface area contributed by atoms with Crippen LogP contribution in [0.1, 0.15) is 22.3 Å². The van der Waals surface area contributed by atoms with Gasteiger partial charge in [0.05, 0.1) is 16.8 Å². The molecule has 0 saturated carbocycles. The maximum atomic E-state index is 7.11. The van der Waals surface area contributed by atoms with E-state index in [9.17, 15) is 0 Å². The fourth-order valence-electron chi connectivity index (χ4n) is 11.3. The standard InChI is InChI=1S/C53H31BN2O/c1-3-17-34(18-4-1)53(35-19-5-2-6-20-35)42-24-10-11-27-45(42)55-50-43(53)25-14-26-44(50)54-48-40(31-41-36-21-9-12-28-47(36)57-52(41)51(48)55)38-23-13-22-37-39-29-32-15-7-8-16-33(32)30-46(39)56(54)49(37)38/h1-31H. The molecule has 0 aliphatic carbocycles. The van der Waals surface area contributed by atoms with Crippen LogP contribution in [0.15, 0.2) is 192 Å². The van der Waals surface area contributed by atoms with Crippen LogP contribution in [0.4, 0.5) is 17.1 Å². The van der Waals surface area contributed by atoms with Gasteiger partial charge in [-0.1, -0.05) is 158 Å². The van der Waals surface area contributed by atoms with E-state index >= 15 is 0 Å². The molecule has 4 heteroatoms. The Morgan fingerprint density at radius 2 is 1.14 bits per heavy atom. The first-order valence-electron chi connectivity index (χ1n) is 19.9. The quantitative estimate of drug-likeness (QED) is 0.166. The molecular formula is C53H31BN2O. The average molecular weight is 723 g/mol. The number of nitrogens with zero attached hydrogens (tertiary/aromatic N) is 2. The van der Waals surface area contributed by atoms with Gasteiger partial charge < -0.3 is 13.8 Å². The molecule has 0 saturated heterocycles. The van der Waals surface area contributed by atoms with Crippen molar-refractivity contribution in [1.29, 1.82) is 0 Å². The van der Waals surface area contributed by atoms with Crippen molar-refractivity contribution in [3.8, 4) is 11.1 Å². The van der Waals surface area contributed by atoms with Gasteiger partial charge >= 0.3 is 6.85 Å². The van der Waals surface area contributed by atoms with Crippen LogP contribution in [0, 0.1) is 0 Å². The summed E-state index contributed by atoms with van der Waals surface area (Å²) >= 11 is 0. The number of hydrogen-bond acceptors (Lipinski definition) is 2. The Bertz CT molecular complexity index is 3500. The van der Waals surface area contributed by atoms with E-state index < -0.39 is 5.41 Å². The van der Waals surface area contributed by atoms with Crippen LogP contribution in [0.5, 0.6) is 0 Å². The fraction of sp³-hybridized carbons (Fsp3) is 0.0189. The van der Waals surface area contributed by atoms with E-state index in [-0.39, 0.29) is 6.85 Å². The summed E-state index contributed by atoms with van der Waals surface area (Å²) in [5.74, 6) is 0. The van der Waals surface area contributed by atoms with Crippen LogP contribution in [0.3, 0.4) is 0 Å². The van der Waals surface area contributed by atoms with Gasteiger partial charge in [0.2, 0.25) is 0 Å². The average Bonchev–Trinajstić information content (AvgIpc) is 3.81. The van der Waals surface area contributed by atoms with Crippen LogP contribution in [0.2, 0.25) is 0 Å². The third-order valence-electron chi connectivity index (χ3n) is 13.4. The number of anilines is 3. The lowest BCUT2D eigenvalue weighted by Crippen LogP contribution is -2.58. The molecule has 0 bridgehead atoms. The molecule has 57 heavy (non-hydrogen) atoms. The van der Waals surface area contributed by atoms with Crippen molar-refractivity contribution < 1.29 is 4.42 Å². The number of furan rings is 1. The Labute approximate surface area is 328 Å². The SMILES string of the molecule is c1ccc(C2(c3ccccc3)c3ccccc3N3c4c(cccc42)B2c4c(cc5c(oc6ccccc65)c43)-c3cccc4c5cc6ccccc6cc5n2c34)cc1. The second kappa shape index (κ2) is 10.5. The molecule has 11 aromatic rings. The van der Waals surface area contributed by atoms with E-state index in [1.807, 2.05) is 0 Å². The summed E-state index contributed by atoms with van der Waals surface area (Å²) < 4.78 is 9.78. The van der Waals surface area contributed by atoms with Gasteiger partial charge in [0.25, 0.3) is 0 Å². The van der Waals surface area contributed by atoms with Crippen molar-refractivity contribution >= 4 is 89.4 Å². The highest BCUT2D eigenvalue weighted by atomic mass is 16.3. The first-order valence-corrected chi connectivity index (χ1v) is 19.9. The molecule has 14 rings (SSSR count). The van der Waals surface area contributed by atoms with E-state index in [4.69, 9.17) is 4.42 Å². The molecule has 3 aliphatic rings. The van der Waals surface area contributed by atoms with Crippen molar-refractivity contribution in [2.45, 2.75) is 5.41 Å². The lowest BCUT2D eigenvalue weighted by atomic mass is 9.43. The number of para-hydroxylation sites is 4. The molecule has 0 amide bonds. The topological polar surface area (TPSA) is 21.3 Å². The summed E-state index contributed by atoms with van der Waals surface area (Å²) in [6, 6.07) is 70.0. The van der Waals surface area contributed by atoms with Crippen molar-refractivity contribution in [3.05, 3.63) is 210 Å². The number of rotatable bonds is 2. The molecule has 0 spiro atoms. The van der Waals surface area contributed by atoms with Crippen molar-refractivity contribution in [1.82, 2.24) is 4.48 Å². The van der Waals surface area contributed by atoms with Crippen LogP contribution in [-0.2, 0) is 5.41 Å². The lowest BCUT2D eigenvalue weighted by Gasteiger charge is -2.50. The number of aromatic nitrogens is 1. The number of benzene rings is 9. The van der Waals surface area contributed by atoms with E-state index in [2.05, 4.69) is 197 Å². The van der Waals surface area contributed by atoms with Gasteiger partial charge in [0, 0.05) is 43.8 Å². The van der Waals surface area contributed by atoms with Gasteiger partial charge in [-0.3, -0.25) is 0 Å². The predicted molar refractivity (Wildman–Crippen MR) is 237 cm³/mol. The van der Waals surface area contributed by atoms with Crippen LogP contribution in [-0.4, -0.2) is 11.3 Å². The first-order chi connectivity index (χ1) is 28.3. The second-order valence-corrected chi connectivity index (χ2v) is 15.9. The van der Waals surface area contributed by atoms with Gasteiger partial charge in [-0.2, -0.15) is 0 Å². The zero-order chi connectivity index (χ0) is 37.0. The Kier molecular flexibility index (Phi) is 5.53. The Morgan fingerprint density at radius 3 is 1.96 bits per heavy atom. The molecule has 3 aliphatic heterocycles. The number of hydrogen-bond donors (Lipinski definition) is 0. The summed E-state index contributed by atoms with van der Waals surface area (Å²) in [5.41, 5.74) is 17.5. The number of fused-ring (bicyclic) bond motifs is 14. The molecule has 0 atom stereocenters. The van der Waals surface area contributed by atoms with Crippen molar-refractivity contribution in [3.63, 3.8) is 0 Å². The van der Waals surface area contributed by atoms with E-state index in [1.54, 1.807) is 0 Å². The molecule has 262 valence electrons. The van der Waals surface area contributed by atoms with E-state index in [0.29, 0.717) is 0 Å². The molecule has 9 aromatic carbocycles. The zero-order valence-corrected chi connectivity index (χ0v) is 30.8.